The van der Waals surface area contributed by atoms with Crippen molar-refractivity contribution in [1.29, 1.82) is 0 Å². The van der Waals surface area contributed by atoms with Gasteiger partial charge in [0.1, 0.15) is 6.04 Å². The van der Waals surface area contributed by atoms with Crippen LogP contribution in [0.4, 0.5) is 0 Å². The molecule has 4 fully saturated rings. The molecule has 3 heterocycles. The van der Waals surface area contributed by atoms with Crippen molar-refractivity contribution in [2.75, 3.05) is 19.7 Å². The Hall–Kier alpha value is -2.58. The molecule has 0 aromatic heterocycles. The van der Waals surface area contributed by atoms with Crippen LogP contribution in [0.3, 0.4) is 0 Å². The van der Waals surface area contributed by atoms with Crippen molar-refractivity contribution in [2.45, 2.75) is 93.5 Å². The van der Waals surface area contributed by atoms with Gasteiger partial charge in [0, 0.05) is 30.9 Å². The summed E-state index contributed by atoms with van der Waals surface area (Å²) in [5.41, 5.74) is 1.03. The van der Waals surface area contributed by atoms with E-state index >= 15 is 0 Å². The van der Waals surface area contributed by atoms with Crippen molar-refractivity contribution >= 4 is 29.5 Å². The number of nitrogens with zero attached hydrogens (tertiary/aromatic N) is 3. The molecule has 3 saturated heterocycles. The van der Waals surface area contributed by atoms with Crippen molar-refractivity contribution in [2.24, 2.45) is 17.8 Å². The SMILES string of the molecule is C=CCN(Cc1ccccc1)C(=O)[C@@H]1[C@@H]2CC(C)C3(S2)C(C(=O)N(CC=C)C2CCCCC2)N([C@@H](CC)CO)C(=O)[C@H]13. The summed E-state index contributed by atoms with van der Waals surface area (Å²) >= 11 is 1.71. The maximum Gasteiger partial charge on any atom is 0.247 e. The summed E-state index contributed by atoms with van der Waals surface area (Å²) in [6.07, 6.45) is 10.1. The molecule has 3 unspecified atom stereocenters. The van der Waals surface area contributed by atoms with Crippen molar-refractivity contribution in [3.63, 3.8) is 0 Å². The summed E-state index contributed by atoms with van der Waals surface area (Å²) in [6.45, 7) is 13.0. The number of thioether (sulfide) groups is 1. The molecule has 4 aliphatic rings. The molecule has 2 bridgehead atoms. The van der Waals surface area contributed by atoms with E-state index in [9.17, 15) is 19.5 Å². The Balaban J connectivity index is 1.55. The average Bonchev–Trinajstić information content (AvgIpc) is 3.60. The van der Waals surface area contributed by atoms with Crippen molar-refractivity contribution < 1.29 is 19.5 Å². The van der Waals surface area contributed by atoms with Gasteiger partial charge < -0.3 is 19.8 Å². The van der Waals surface area contributed by atoms with Crippen LogP contribution in [0.1, 0.15) is 64.4 Å². The standard InChI is InChI=1S/C34H47N3O4S/c1-5-18-35(21-24-14-10-8-11-15-24)31(39)28-27-20-23(4)34(42-27)29(28)32(40)37(25(7-3)22-38)30(34)33(41)36(19-6-2)26-16-12-9-13-17-26/h5-6,8,10-11,14-15,23,25-30,38H,1-2,7,9,12-13,16-22H2,3-4H3/t23?,25-,27-,28+,29-,30?,34?/m0/s1. The predicted octanol–water partition coefficient (Wildman–Crippen LogP) is 4.66. The molecule has 8 heteroatoms. The number of hydrogen-bond donors (Lipinski definition) is 1. The van der Waals surface area contributed by atoms with Gasteiger partial charge in [-0.1, -0.05) is 75.6 Å². The van der Waals surface area contributed by atoms with E-state index in [-0.39, 0.29) is 41.5 Å². The lowest BCUT2D eigenvalue weighted by molar-refractivity contribution is -0.148. The minimum atomic E-state index is -0.709. The number of carbonyl (C=O) groups excluding carboxylic acids is 3. The highest BCUT2D eigenvalue weighted by atomic mass is 32.2. The van der Waals surface area contributed by atoms with Gasteiger partial charge >= 0.3 is 0 Å². The zero-order chi connectivity index (χ0) is 30.0. The van der Waals surface area contributed by atoms with E-state index in [2.05, 4.69) is 20.1 Å². The molecule has 1 aromatic carbocycles. The van der Waals surface area contributed by atoms with Crippen LogP contribution in [0, 0.1) is 17.8 Å². The molecular formula is C34H47N3O4S. The zero-order valence-electron chi connectivity index (χ0n) is 25.2. The zero-order valence-corrected chi connectivity index (χ0v) is 26.0. The van der Waals surface area contributed by atoms with Gasteiger partial charge in [-0.05, 0) is 37.2 Å². The number of carbonyl (C=O) groups is 3. The van der Waals surface area contributed by atoms with Gasteiger partial charge in [-0.3, -0.25) is 14.4 Å². The summed E-state index contributed by atoms with van der Waals surface area (Å²) in [5.74, 6) is -1.25. The van der Waals surface area contributed by atoms with Gasteiger partial charge in [0.25, 0.3) is 0 Å². The fourth-order valence-electron chi connectivity index (χ4n) is 8.34. The Bertz CT molecular complexity index is 1170. The lowest BCUT2D eigenvalue weighted by Gasteiger charge is -2.44. The molecule has 3 aliphatic heterocycles. The Morgan fingerprint density at radius 2 is 1.81 bits per heavy atom. The van der Waals surface area contributed by atoms with Gasteiger partial charge in [-0.2, -0.15) is 0 Å². The van der Waals surface area contributed by atoms with Gasteiger partial charge in [0.2, 0.25) is 17.7 Å². The summed E-state index contributed by atoms with van der Waals surface area (Å²) in [4.78, 5) is 49.4. The molecule has 228 valence electrons. The molecule has 1 saturated carbocycles. The van der Waals surface area contributed by atoms with E-state index in [1.54, 1.807) is 28.8 Å². The number of benzene rings is 1. The molecule has 0 radical (unpaired) electrons. The molecule has 3 amide bonds. The first-order chi connectivity index (χ1) is 20.3. The van der Waals surface area contributed by atoms with E-state index in [1.807, 2.05) is 47.1 Å². The molecule has 1 aromatic rings. The van der Waals surface area contributed by atoms with Crippen LogP contribution >= 0.6 is 11.8 Å². The summed E-state index contributed by atoms with van der Waals surface area (Å²) in [5, 5.41) is 10.4. The first-order valence-corrected chi connectivity index (χ1v) is 16.7. The predicted molar refractivity (Wildman–Crippen MR) is 168 cm³/mol. The van der Waals surface area contributed by atoms with Gasteiger partial charge in [-0.25, -0.2) is 0 Å². The van der Waals surface area contributed by atoms with Crippen LogP contribution in [0.15, 0.2) is 55.6 Å². The monoisotopic (exact) mass is 593 g/mol. The first kappa shape index (κ1) is 30.9. The molecule has 1 spiro atoms. The second-order valence-electron chi connectivity index (χ2n) is 12.6. The highest BCUT2D eigenvalue weighted by Crippen LogP contribution is 2.69. The van der Waals surface area contributed by atoms with Crippen LogP contribution < -0.4 is 0 Å². The number of aliphatic hydroxyl groups excluding tert-OH is 1. The van der Waals surface area contributed by atoms with E-state index in [0.29, 0.717) is 26.1 Å². The third-order valence-corrected chi connectivity index (χ3v) is 12.4. The fourth-order valence-corrected chi connectivity index (χ4v) is 10.7. The quantitative estimate of drug-likeness (QED) is 0.357. The maximum atomic E-state index is 14.8. The highest BCUT2D eigenvalue weighted by molar-refractivity contribution is 8.02. The third-order valence-electron chi connectivity index (χ3n) is 10.3. The van der Waals surface area contributed by atoms with Crippen LogP contribution in [-0.4, -0.2) is 85.3 Å². The van der Waals surface area contributed by atoms with Crippen molar-refractivity contribution in [3.05, 3.63) is 61.2 Å². The minimum Gasteiger partial charge on any atom is -0.394 e. The second-order valence-corrected chi connectivity index (χ2v) is 14.2. The lowest BCUT2D eigenvalue weighted by Crippen LogP contribution is -2.60. The number of fused-ring (bicyclic) bond motifs is 1. The van der Waals surface area contributed by atoms with Crippen LogP contribution in [-0.2, 0) is 20.9 Å². The molecule has 1 aliphatic carbocycles. The Morgan fingerprint density at radius 3 is 2.43 bits per heavy atom. The molecule has 7 atom stereocenters. The average molecular weight is 594 g/mol. The number of likely N-dealkylation sites (tertiary alicyclic amines) is 1. The third kappa shape index (κ3) is 5.12. The number of rotatable bonds is 12. The van der Waals surface area contributed by atoms with E-state index < -0.39 is 28.7 Å². The number of amides is 3. The Labute approximate surface area is 255 Å². The molecule has 7 nitrogen and oxygen atoms in total. The number of aliphatic hydroxyl groups is 1. The van der Waals surface area contributed by atoms with Gasteiger partial charge in [0.05, 0.1) is 29.2 Å². The fraction of sp³-hybridized carbons (Fsp3) is 0.618. The van der Waals surface area contributed by atoms with E-state index in [1.165, 1.54) is 6.42 Å². The molecule has 1 N–H and O–H groups in total. The van der Waals surface area contributed by atoms with E-state index in [4.69, 9.17) is 0 Å². The summed E-state index contributed by atoms with van der Waals surface area (Å²) in [7, 11) is 0. The van der Waals surface area contributed by atoms with Crippen LogP contribution in [0.2, 0.25) is 0 Å². The Morgan fingerprint density at radius 1 is 1.12 bits per heavy atom. The van der Waals surface area contributed by atoms with Gasteiger partial charge in [0.15, 0.2) is 0 Å². The Kier molecular flexibility index (Phi) is 9.53. The topological polar surface area (TPSA) is 81.2 Å². The maximum absolute atomic E-state index is 14.8. The molecular weight excluding hydrogens is 546 g/mol. The van der Waals surface area contributed by atoms with Gasteiger partial charge in [-0.15, -0.1) is 24.9 Å². The van der Waals surface area contributed by atoms with Crippen LogP contribution in [0.25, 0.3) is 0 Å². The highest BCUT2D eigenvalue weighted by Gasteiger charge is 2.77. The normalized spacial score (nSPS) is 31.1. The summed E-state index contributed by atoms with van der Waals surface area (Å²) < 4.78 is -0.706. The number of hydrogen-bond acceptors (Lipinski definition) is 5. The smallest absolute Gasteiger partial charge is 0.247 e. The van der Waals surface area contributed by atoms with Crippen molar-refractivity contribution in [3.8, 4) is 0 Å². The first-order valence-electron chi connectivity index (χ1n) is 15.8. The minimum absolute atomic E-state index is 0.0290. The second kappa shape index (κ2) is 13.0. The molecule has 5 rings (SSSR count). The summed E-state index contributed by atoms with van der Waals surface area (Å²) in [6, 6.07) is 8.84. The molecule has 42 heavy (non-hydrogen) atoms. The largest absolute Gasteiger partial charge is 0.394 e. The lowest BCUT2D eigenvalue weighted by atomic mass is 9.65. The van der Waals surface area contributed by atoms with Crippen LogP contribution in [0.5, 0.6) is 0 Å². The van der Waals surface area contributed by atoms with Crippen molar-refractivity contribution in [1.82, 2.24) is 14.7 Å². The van der Waals surface area contributed by atoms with E-state index in [0.717, 1.165) is 37.7 Å².